The lowest BCUT2D eigenvalue weighted by Crippen LogP contribution is -2.53. The van der Waals surface area contributed by atoms with Gasteiger partial charge >= 0.3 is 6.18 Å². The number of halogens is 4. The molecule has 4 heterocycles. The molecule has 3 aromatic rings. The zero-order valence-electron chi connectivity index (χ0n) is 32.8. The molecule has 2 atom stereocenters. The molecule has 0 saturated carbocycles. The standard InChI is InChI=1S/C40H43ClF3N9O5S/c1-5-24-16-28(53-38(59)52(37(57)39(53,3)4)29-20-30(40(42,43)44)32(21-45)46-22-29)6-8-33(24)58-15-14-50-10-12-51(13-11-50)23(2)35(55)48-27-18-25(41)17-26(19-27)47-31-7-9-34(54)49-36(31)56/h6,8,16-20,22-23,31,47H,5,7,9-15H2,1-4H3,(H,48,55)(H,49,54,56)/t23-,31?/m1/s1. The van der Waals surface area contributed by atoms with E-state index in [0.717, 1.165) is 16.7 Å². The lowest BCUT2D eigenvalue weighted by molar-refractivity contribution is -0.138. The largest absolute Gasteiger partial charge is 0.492 e. The van der Waals surface area contributed by atoms with Crippen LogP contribution in [0.3, 0.4) is 0 Å². The van der Waals surface area contributed by atoms with Crippen LogP contribution >= 0.6 is 23.8 Å². The van der Waals surface area contributed by atoms with Gasteiger partial charge in [0.2, 0.25) is 17.7 Å². The van der Waals surface area contributed by atoms with Crippen LogP contribution in [0.25, 0.3) is 0 Å². The highest BCUT2D eigenvalue weighted by atomic mass is 35.5. The number of nitrogens with zero attached hydrogens (tertiary/aromatic N) is 6. The highest BCUT2D eigenvalue weighted by Gasteiger charge is 2.51. The summed E-state index contributed by atoms with van der Waals surface area (Å²) >= 11 is 12.0. The molecule has 3 saturated heterocycles. The maximum atomic E-state index is 13.7. The Kier molecular flexibility index (Phi) is 12.8. The maximum Gasteiger partial charge on any atom is 0.419 e. The van der Waals surface area contributed by atoms with E-state index in [1.54, 1.807) is 49.1 Å². The minimum atomic E-state index is -4.86. The Bertz CT molecular complexity index is 2210. The Morgan fingerprint density at radius 1 is 1.10 bits per heavy atom. The minimum Gasteiger partial charge on any atom is -0.492 e. The molecule has 0 aliphatic carbocycles. The van der Waals surface area contributed by atoms with Gasteiger partial charge in [0.1, 0.15) is 30.0 Å². The summed E-state index contributed by atoms with van der Waals surface area (Å²) in [5.74, 6) is -0.829. The number of alkyl halides is 3. The molecule has 3 aliphatic rings. The third kappa shape index (κ3) is 9.43. The molecule has 6 rings (SSSR count). The van der Waals surface area contributed by atoms with Crippen LogP contribution in [-0.2, 0) is 31.8 Å². The molecule has 2 aromatic carbocycles. The number of anilines is 4. The number of piperazine rings is 1. The van der Waals surface area contributed by atoms with Crippen molar-refractivity contribution in [2.24, 2.45) is 0 Å². The number of hydrogen-bond acceptors (Lipinski definition) is 11. The molecule has 0 radical (unpaired) electrons. The van der Waals surface area contributed by atoms with Crippen molar-refractivity contribution in [1.82, 2.24) is 20.1 Å². The Labute approximate surface area is 349 Å². The Morgan fingerprint density at radius 3 is 2.47 bits per heavy atom. The summed E-state index contributed by atoms with van der Waals surface area (Å²) in [6.45, 7) is 10.8. The molecular weight excluding hydrogens is 811 g/mol. The number of rotatable bonds is 12. The Hall–Kier alpha value is -5.35. The molecule has 3 fully saturated rings. The fraction of sp³-hybridized carbons (Fsp3) is 0.425. The Balaban J connectivity index is 1.02. The topological polar surface area (TPSA) is 163 Å². The van der Waals surface area contributed by atoms with Gasteiger partial charge in [-0.05, 0) is 93.9 Å². The van der Waals surface area contributed by atoms with Crippen LogP contribution in [0, 0.1) is 11.3 Å². The van der Waals surface area contributed by atoms with Crippen LogP contribution in [0.2, 0.25) is 5.02 Å². The van der Waals surface area contributed by atoms with Crippen molar-refractivity contribution in [2.45, 2.75) is 70.8 Å². The van der Waals surface area contributed by atoms with Gasteiger partial charge in [0.25, 0.3) is 5.91 Å². The van der Waals surface area contributed by atoms with Gasteiger partial charge in [-0.2, -0.15) is 18.4 Å². The van der Waals surface area contributed by atoms with E-state index in [9.17, 15) is 37.6 Å². The van der Waals surface area contributed by atoms with Gasteiger partial charge in [0, 0.05) is 61.2 Å². The number of pyridine rings is 1. The average molecular weight is 854 g/mol. The second kappa shape index (κ2) is 17.5. The Morgan fingerprint density at radius 2 is 1.81 bits per heavy atom. The fourth-order valence-electron chi connectivity index (χ4n) is 7.31. The van der Waals surface area contributed by atoms with Crippen molar-refractivity contribution < 1.29 is 37.1 Å². The zero-order chi connectivity index (χ0) is 42.8. The monoisotopic (exact) mass is 853 g/mol. The van der Waals surface area contributed by atoms with E-state index in [1.165, 1.54) is 6.07 Å². The summed E-state index contributed by atoms with van der Waals surface area (Å²) < 4.78 is 47.4. The summed E-state index contributed by atoms with van der Waals surface area (Å²) in [6, 6.07) is 11.5. The molecule has 3 aliphatic heterocycles. The summed E-state index contributed by atoms with van der Waals surface area (Å²) in [7, 11) is 0. The van der Waals surface area contributed by atoms with E-state index in [1.807, 2.05) is 19.9 Å². The molecule has 4 amide bonds. The van der Waals surface area contributed by atoms with Gasteiger partial charge in [0.15, 0.2) is 10.8 Å². The molecule has 0 spiro atoms. The number of nitriles is 1. The maximum absolute atomic E-state index is 13.7. The summed E-state index contributed by atoms with van der Waals surface area (Å²) in [4.78, 5) is 61.3. The van der Waals surface area contributed by atoms with Crippen molar-refractivity contribution >= 4 is 75.3 Å². The summed E-state index contributed by atoms with van der Waals surface area (Å²) in [5.41, 5.74) is -1.08. The highest BCUT2D eigenvalue weighted by Crippen LogP contribution is 2.40. The number of nitrogens with one attached hydrogen (secondary N) is 3. The first-order valence-corrected chi connectivity index (χ1v) is 19.8. The number of piperidine rings is 1. The smallest absolute Gasteiger partial charge is 0.419 e. The van der Waals surface area contributed by atoms with Crippen molar-refractivity contribution in [1.29, 1.82) is 5.26 Å². The van der Waals surface area contributed by atoms with Gasteiger partial charge in [-0.25, -0.2) is 4.98 Å². The van der Waals surface area contributed by atoms with E-state index in [0.29, 0.717) is 86.1 Å². The molecule has 1 unspecified atom stereocenters. The molecule has 14 nitrogen and oxygen atoms in total. The van der Waals surface area contributed by atoms with Crippen LogP contribution in [0.5, 0.6) is 5.75 Å². The fourth-order valence-corrected chi connectivity index (χ4v) is 8.07. The number of ether oxygens (including phenoxy) is 1. The number of benzene rings is 2. The first-order valence-electron chi connectivity index (χ1n) is 19.0. The van der Waals surface area contributed by atoms with Gasteiger partial charge in [-0.1, -0.05) is 18.5 Å². The third-order valence-corrected chi connectivity index (χ3v) is 11.2. The highest BCUT2D eigenvalue weighted by molar-refractivity contribution is 7.81. The molecule has 59 heavy (non-hydrogen) atoms. The van der Waals surface area contributed by atoms with E-state index in [-0.39, 0.29) is 29.0 Å². The number of amides is 4. The SMILES string of the molecule is CCc1cc(N2C(=S)N(c3cnc(C#N)c(C(F)(F)F)c3)C(=O)C2(C)C)ccc1OCCN1CCN([C@H](C)C(=O)Nc2cc(Cl)cc(NC3CCC(=O)NC3=O)c2)CC1. The van der Waals surface area contributed by atoms with Gasteiger partial charge in [-0.3, -0.25) is 39.2 Å². The second-order valence-corrected chi connectivity index (χ2v) is 15.7. The number of imide groups is 1. The molecule has 1 aromatic heterocycles. The first-order chi connectivity index (χ1) is 27.9. The number of thiocarbonyl (C=S) groups is 1. The molecule has 19 heteroatoms. The van der Waals surface area contributed by atoms with Crippen molar-refractivity contribution in [3.05, 3.63) is 70.5 Å². The van der Waals surface area contributed by atoms with Crippen LogP contribution in [-0.4, -0.2) is 100 Å². The summed E-state index contributed by atoms with van der Waals surface area (Å²) in [6.07, 6.45) is -2.66. The van der Waals surface area contributed by atoms with Crippen LogP contribution in [0.4, 0.5) is 35.9 Å². The van der Waals surface area contributed by atoms with Crippen molar-refractivity contribution in [3.63, 3.8) is 0 Å². The zero-order valence-corrected chi connectivity index (χ0v) is 34.4. The van der Waals surface area contributed by atoms with E-state index < -0.39 is 46.9 Å². The lowest BCUT2D eigenvalue weighted by Gasteiger charge is -2.37. The molecule has 3 N–H and O–H groups in total. The van der Waals surface area contributed by atoms with E-state index in [2.05, 4.69) is 30.7 Å². The van der Waals surface area contributed by atoms with Crippen LogP contribution in [0.1, 0.15) is 57.4 Å². The minimum absolute atomic E-state index is 0.0285. The van der Waals surface area contributed by atoms with Crippen LogP contribution < -0.4 is 30.5 Å². The lowest BCUT2D eigenvalue weighted by atomic mass is 10.0. The molecule has 312 valence electrons. The van der Waals surface area contributed by atoms with Crippen LogP contribution in [0.15, 0.2) is 48.7 Å². The number of carbonyl (C=O) groups is 4. The third-order valence-electron chi connectivity index (χ3n) is 10.6. The summed E-state index contributed by atoms with van der Waals surface area (Å²) in [5, 5.41) is 17.8. The second-order valence-electron chi connectivity index (χ2n) is 14.9. The number of carbonyl (C=O) groups excluding carboxylic acids is 4. The number of aromatic nitrogens is 1. The van der Waals surface area contributed by atoms with Gasteiger partial charge in [-0.15, -0.1) is 0 Å². The predicted octanol–water partition coefficient (Wildman–Crippen LogP) is 5.35. The van der Waals surface area contributed by atoms with E-state index in [4.69, 9.17) is 28.6 Å². The van der Waals surface area contributed by atoms with Gasteiger partial charge in [0.05, 0.1) is 23.5 Å². The van der Waals surface area contributed by atoms with Gasteiger partial charge < -0.3 is 20.3 Å². The normalized spacial score (nSPS) is 19.3. The molecular formula is C40H43ClF3N9O5S. The predicted molar refractivity (Wildman–Crippen MR) is 219 cm³/mol. The van der Waals surface area contributed by atoms with Crippen molar-refractivity contribution in [2.75, 3.05) is 59.8 Å². The molecule has 0 bridgehead atoms. The number of aryl methyl sites for hydroxylation is 1. The average Bonchev–Trinajstić information content (AvgIpc) is 3.36. The van der Waals surface area contributed by atoms with Crippen molar-refractivity contribution in [3.8, 4) is 11.8 Å². The first kappa shape index (κ1) is 43.2. The van der Waals surface area contributed by atoms with E-state index >= 15 is 0 Å². The number of hydrogen-bond donors (Lipinski definition) is 3. The quantitative estimate of drug-likeness (QED) is 0.159.